The fourth-order valence-electron chi connectivity index (χ4n) is 1.55. The second-order valence-electron chi connectivity index (χ2n) is 3.37. The first-order valence-corrected chi connectivity index (χ1v) is 5.89. The topological polar surface area (TPSA) is 6.48 Å². The van der Waals surface area contributed by atoms with Crippen LogP contribution in [0, 0.1) is 0 Å². The summed E-state index contributed by atoms with van der Waals surface area (Å²) in [6.45, 7) is 10.3. The molecule has 1 rings (SSSR count). The summed E-state index contributed by atoms with van der Waals surface area (Å²) in [6, 6.07) is 0. The van der Waals surface area contributed by atoms with Crippen LogP contribution in [0.3, 0.4) is 0 Å². The Hall–Kier alpha value is -0.220. The van der Waals surface area contributed by atoms with Crippen LogP contribution in [0.15, 0.2) is 22.5 Å². The SMILES string of the molecule is C=C1N(CCC)C(S)=C(S)N1CCC. The molecule has 1 aliphatic heterocycles. The molecule has 0 aromatic rings. The molecule has 0 aromatic heterocycles. The molecule has 2 nitrogen and oxygen atoms in total. The van der Waals surface area contributed by atoms with E-state index in [4.69, 9.17) is 0 Å². The minimum atomic E-state index is 0.925. The van der Waals surface area contributed by atoms with Crippen molar-refractivity contribution in [2.75, 3.05) is 13.1 Å². The summed E-state index contributed by atoms with van der Waals surface area (Å²) in [6.07, 6.45) is 2.17. The Morgan fingerprint density at radius 3 is 1.64 bits per heavy atom. The molecule has 0 spiro atoms. The van der Waals surface area contributed by atoms with Crippen molar-refractivity contribution in [3.63, 3.8) is 0 Å². The van der Waals surface area contributed by atoms with Gasteiger partial charge in [0.2, 0.25) is 0 Å². The van der Waals surface area contributed by atoms with Gasteiger partial charge >= 0.3 is 0 Å². The molecule has 1 heterocycles. The maximum absolute atomic E-state index is 4.45. The normalized spacial score (nSPS) is 17.3. The average molecular weight is 230 g/mol. The van der Waals surface area contributed by atoms with Crippen molar-refractivity contribution in [1.82, 2.24) is 9.80 Å². The highest BCUT2D eigenvalue weighted by Gasteiger charge is 2.27. The zero-order valence-electron chi connectivity index (χ0n) is 8.82. The molecule has 0 bridgehead atoms. The first-order valence-electron chi connectivity index (χ1n) is 4.99. The van der Waals surface area contributed by atoms with Crippen LogP contribution >= 0.6 is 25.3 Å². The van der Waals surface area contributed by atoms with E-state index in [-0.39, 0.29) is 0 Å². The molecule has 0 radical (unpaired) electrons. The fraction of sp³-hybridized carbons (Fsp3) is 0.600. The molecule has 0 unspecified atom stereocenters. The molecule has 0 N–H and O–H groups in total. The molecular formula is C10H18N2S2. The molecule has 80 valence electrons. The number of rotatable bonds is 4. The van der Waals surface area contributed by atoms with Gasteiger partial charge in [0.15, 0.2) is 0 Å². The van der Waals surface area contributed by atoms with E-state index in [9.17, 15) is 0 Å². The van der Waals surface area contributed by atoms with Crippen molar-refractivity contribution in [3.8, 4) is 0 Å². The summed E-state index contributed by atoms with van der Waals surface area (Å²) in [5, 5.41) is 1.85. The number of hydrogen-bond donors (Lipinski definition) is 2. The lowest BCUT2D eigenvalue weighted by Crippen LogP contribution is -2.24. The maximum atomic E-state index is 4.45. The smallest absolute Gasteiger partial charge is 0.106 e. The Labute approximate surface area is 97.5 Å². The van der Waals surface area contributed by atoms with Crippen molar-refractivity contribution < 1.29 is 0 Å². The lowest BCUT2D eigenvalue weighted by Gasteiger charge is -2.24. The third kappa shape index (κ3) is 2.06. The Bertz CT molecular complexity index is 237. The highest BCUT2D eigenvalue weighted by atomic mass is 32.1. The van der Waals surface area contributed by atoms with E-state index in [0.29, 0.717) is 0 Å². The molecule has 0 aliphatic carbocycles. The summed E-state index contributed by atoms with van der Waals surface area (Å²) in [5.74, 6) is 1.00. The minimum Gasteiger partial charge on any atom is -0.321 e. The molecule has 0 saturated heterocycles. The lowest BCUT2D eigenvalue weighted by atomic mass is 10.4. The third-order valence-corrected chi connectivity index (χ3v) is 3.31. The third-order valence-electron chi connectivity index (χ3n) is 2.23. The lowest BCUT2D eigenvalue weighted by molar-refractivity contribution is 0.353. The molecule has 0 saturated carbocycles. The molecule has 0 atom stereocenters. The van der Waals surface area contributed by atoms with Crippen LogP contribution in [-0.4, -0.2) is 22.9 Å². The second-order valence-corrected chi connectivity index (χ2v) is 4.21. The first kappa shape index (κ1) is 11.9. The van der Waals surface area contributed by atoms with Gasteiger partial charge in [-0.25, -0.2) is 0 Å². The van der Waals surface area contributed by atoms with Crippen molar-refractivity contribution in [2.45, 2.75) is 26.7 Å². The van der Waals surface area contributed by atoms with Crippen molar-refractivity contribution in [1.29, 1.82) is 0 Å². The fourth-order valence-corrected chi connectivity index (χ4v) is 2.22. The van der Waals surface area contributed by atoms with Gasteiger partial charge < -0.3 is 9.80 Å². The van der Waals surface area contributed by atoms with E-state index in [2.05, 4.69) is 55.5 Å². The highest BCUT2D eigenvalue weighted by Crippen LogP contribution is 2.35. The van der Waals surface area contributed by atoms with E-state index in [1.165, 1.54) is 0 Å². The van der Waals surface area contributed by atoms with Gasteiger partial charge in [0.05, 0.1) is 0 Å². The highest BCUT2D eigenvalue weighted by molar-refractivity contribution is 7.88. The molecule has 1 aliphatic rings. The summed E-state index contributed by atoms with van der Waals surface area (Å²) in [5.41, 5.74) is 0. The molecule has 4 heteroatoms. The Morgan fingerprint density at radius 2 is 1.36 bits per heavy atom. The predicted octanol–water partition coefficient (Wildman–Crippen LogP) is 2.88. The summed E-state index contributed by atoms with van der Waals surface area (Å²) in [4.78, 5) is 4.22. The quantitative estimate of drug-likeness (QED) is 0.717. The van der Waals surface area contributed by atoms with E-state index >= 15 is 0 Å². The molecular weight excluding hydrogens is 212 g/mol. The second kappa shape index (κ2) is 5.03. The summed E-state index contributed by atoms with van der Waals surface area (Å²) < 4.78 is 0. The van der Waals surface area contributed by atoms with Gasteiger partial charge in [-0.2, -0.15) is 0 Å². The van der Waals surface area contributed by atoms with Crippen molar-refractivity contribution in [3.05, 3.63) is 22.5 Å². The first-order chi connectivity index (χ1) is 6.63. The van der Waals surface area contributed by atoms with Crippen LogP contribution in [0.2, 0.25) is 0 Å². The van der Waals surface area contributed by atoms with Gasteiger partial charge in [-0.3, -0.25) is 0 Å². The zero-order valence-corrected chi connectivity index (χ0v) is 10.6. The minimum absolute atomic E-state index is 0.925. The average Bonchev–Trinajstić information content (AvgIpc) is 2.36. The Balaban J connectivity index is 2.80. The van der Waals surface area contributed by atoms with E-state index in [1.807, 2.05) is 0 Å². The number of nitrogens with zero attached hydrogens (tertiary/aromatic N) is 2. The van der Waals surface area contributed by atoms with Crippen LogP contribution in [-0.2, 0) is 0 Å². The van der Waals surface area contributed by atoms with Gasteiger partial charge in [0.25, 0.3) is 0 Å². The van der Waals surface area contributed by atoms with Crippen LogP contribution in [0.5, 0.6) is 0 Å². The molecule has 14 heavy (non-hydrogen) atoms. The van der Waals surface area contributed by atoms with Gasteiger partial charge in [-0.15, -0.1) is 25.3 Å². The van der Waals surface area contributed by atoms with Gasteiger partial charge in [0.1, 0.15) is 15.9 Å². The zero-order chi connectivity index (χ0) is 10.7. The van der Waals surface area contributed by atoms with E-state index < -0.39 is 0 Å². The molecule has 0 aromatic carbocycles. The Kier molecular flexibility index (Phi) is 4.26. The van der Waals surface area contributed by atoms with E-state index in [1.54, 1.807) is 0 Å². The number of thiol groups is 2. The van der Waals surface area contributed by atoms with Crippen LogP contribution in [0.4, 0.5) is 0 Å². The van der Waals surface area contributed by atoms with Crippen molar-refractivity contribution in [2.24, 2.45) is 0 Å². The van der Waals surface area contributed by atoms with Crippen LogP contribution in [0.1, 0.15) is 26.7 Å². The van der Waals surface area contributed by atoms with Gasteiger partial charge in [-0.1, -0.05) is 20.4 Å². The number of hydrogen-bond acceptors (Lipinski definition) is 4. The monoisotopic (exact) mass is 230 g/mol. The van der Waals surface area contributed by atoms with E-state index in [0.717, 1.165) is 41.8 Å². The summed E-state index contributed by atoms with van der Waals surface area (Å²) in [7, 11) is 0. The maximum Gasteiger partial charge on any atom is 0.106 e. The standard InChI is InChI=1S/C10H18N2S2/c1-4-6-11-8(3)12(7-5-2)10(14)9(11)13/h13-14H,3-7H2,1-2H3. The predicted molar refractivity (Wildman–Crippen MR) is 68.1 cm³/mol. The Morgan fingerprint density at radius 1 is 1.00 bits per heavy atom. The molecule has 0 amide bonds. The van der Waals surface area contributed by atoms with Gasteiger partial charge in [0, 0.05) is 13.1 Å². The van der Waals surface area contributed by atoms with Crippen molar-refractivity contribution >= 4 is 25.3 Å². The van der Waals surface area contributed by atoms with Crippen LogP contribution in [0.25, 0.3) is 0 Å². The van der Waals surface area contributed by atoms with Gasteiger partial charge in [-0.05, 0) is 12.8 Å². The summed E-state index contributed by atoms with van der Waals surface area (Å²) >= 11 is 8.91. The van der Waals surface area contributed by atoms with Crippen LogP contribution < -0.4 is 0 Å². The largest absolute Gasteiger partial charge is 0.321 e. The molecule has 0 fully saturated rings.